The first kappa shape index (κ1) is 14.7. The summed E-state index contributed by atoms with van der Waals surface area (Å²) < 4.78 is 11.8. The molecule has 0 aliphatic rings. The lowest BCUT2D eigenvalue weighted by molar-refractivity contribution is 0.0809. The summed E-state index contributed by atoms with van der Waals surface area (Å²) in [5.41, 5.74) is -0.145. The van der Waals surface area contributed by atoms with Gasteiger partial charge in [0.2, 0.25) is 0 Å². The van der Waals surface area contributed by atoms with Crippen molar-refractivity contribution < 1.29 is 8.85 Å². The SMILES string of the molecule is C=C(CC(C)C)O[Si](C)(C)OC(C)(C)C. The Morgan fingerprint density at radius 3 is 2.07 bits per heavy atom. The van der Waals surface area contributed by atoms with Gasteiger partial charge in [-0.2, -0.15) is 0 Å². The van der Waals surface area contributed by atoms with Crippen molar-refractivity contribution in [1.29, 1.82) is 0 Å². The lowest BCUT2D eigenvalue weighted by atomic mass is 10.1. The Morgan fingerprint density at radius 2 is 1.73 bits per heavy atom. The van der Waals surface area contributed by atoms with Crippen molar-refractivity contribution in [2.75, 3.05) is 0 Å². The molecule has 0 rings (SSSR count). The molecule has 0 amide bonds. The van der Waals surface area contributed by atoms with Crippen LogP contribution in [0.2, 0.25) is 13.1 Å². The molecule has 0 aliphatic carbocycles. The maximum atomic E-state index is 5.93. The van der Waals surface area contributed by atoms with Gasteiger partial charge in [-0.15, -0.1) is 0 Å². The molecular weight excluding hydrogens is 204 g/mol. The van der Waals surface area contributed by atoms with E-state index in [1.54, 1.807) is 0 Å². The van der Waals surface area contributed by atoms with Gasteiger partial charge in [-0.1, -0.05) is 20.4 Å². The van der Waals surface area contributed by atoms with Gasteiger partial charge in [0.15, 0.2) is 0 Å². The molecule has 0 aromatic rings. The summed E-state index contributed by atoms with van der Waals surface area (Å²) in [6.07, 6.45) is 0.907. The zero-order valence-electron chi connectivity index (χ0n) is 11.3. The summed E-state index contributed by atoms with van der Waals surface area (Å²) in [7, 11) is -2.07. The molecule has 0 aliphatic heterocycles. The van der Waals surface area contributed by atoms with E-state index in [4.69, 9.17) is 8.85 Å². The van der Waals surface area contributed by atoms with E-state index in [9.17, 15) is 0 Å². The van der Waals surface area contributed by atoms with E-state index in [-0.39, 0.29) is 5.60 Å². The Kier molecular flexibility index (Phi) is 5.07. The van der Waals surface area contributed by atoms with Crippen LogP contribution in [0.15, 0.2) is 12.3 Å². The second-order valence-corrected chi connectivity index (χ2v) is 9.06. The van der Waals surface area contributed by atoms with E-state index in [1.807, 2.05) is 0 Å². The summed E-state index contributed by atoms with van der Waals surface area (Å²) in [6.45, 7) is 18.5. The fourth-order valence-corrected chi connectivity index (χ4v) is 3.90. The van der Waals surface area contributed by atoms with Crippen LogP contribution in [0.4, 0.5) is 0 Å². The second kappa shape index (κ2) is 5.17. The third-order valence-electron chi connectivity index (χ3n) is 1.58. The van der Waals surface area contributed by atoms with Crippen LogP contribution < -0.4 is 0 Å². The Hall–Kier alpha value is -0.283. The maximum absolute atomic E-state index is 5.93. The summed E-state index contributed by atoms with van der Waals surface area (Å²) in [5.74, 6) is 1.43. The van der Waals surface area contributed by atoms with Crippen LogP contribution in [0.25, 0.3) is 0 Å². The van der Waals surface area contributed by atoms with Crippen molar-refractivity contribution in [2.24, 2.45) is 5.92 Å². The van der Waals surface area contributed by atoms with Gasteiger partial charge >= 0.3 is 8.56 Å². The lowest BCUT2D eigenvalue weighted by Crippen LogP contribution is -2.41. The summed E-state index contributed by atoms with van der Waals surface area (Å²) in [4.78, 5) is 0. The molecule has 0 heterocycles. The van der Waals surface area contributed by atoms with Gasteiger partial charge in [-0.3, -0.25) is 0 Å². The van der Waals surface area contributed by atoms with Crippen LogP contribution in [0.1, 0.15) is 41.0 Å². The highest BCUT2D eigenvalue weighted by Crippen LogP contribution is 2.22. The molecule has 0 saturated carbocycles. The standard InChI is InChI=1S/C12H26O2Si/c1-10(2)9-11(3)13-15(7,8)14-12(4,5)6/h10H,3,9H2,1-2,4-8H3. The minimum atomic E-state index is -2.07. The van der Waals surface area contributed by atoms with Gasteiger partial charge in [0.25, 0.3) is 0 Å². The molecule has 0 N–H and O–H groups in total. The molecule has 0 saturated heterocycles. The highest BCUT2D eigenvalue weighted by atomic mass is 28.4. The van der Waals surface area contributed by atoms with Crippen LogP contribution in [0.3, 0.4) is 0 Å². The first-order valence-electron chi connectivity index (χ1n) is 5.59. The topological polar surface area (TPSA) is 18.5 Å². The molecule has 0 bridgehead atoms. The van der Waals surface area contributed by atoms with Crippen LogP contribution in [-0.4, -0.2) is 14.2 Å². The second-order valence-electron chi connectivity index (χ2n) is 5.85. The number of hydrogen-bond donors (Lipinski definition) is 0. The number of rotatable bonds is 5. The Balaban J connectivity index is 4.19. The Morgan fingerprint density at radius 1 is 1.27 bits per heavy atom. The normalized spacial score (nSPS) is 13.1. The molecule has 0 aromatic heterocycles. The molecule has 3 heteroatoms. The van der Waals surface area contributed by atoms with Gasteiger partial charge in [-0.25, -0.2) is 0 Å². The first-order valence-corrected chi connectivity index (χ1v) is 8.40. The summed E-state index contributed by atoms with van der Waals surface area (Å²) in [5, 5.41) is 0. The average Bonchev–Trinajstić information content (AvgIpc) is 1.73. The predicted molar refractivity (Wildman–Crippen MR) is 68.0 cm³/mol. The lowest BCUT2D eigenvalue weighted by Gasteiger charge is -2.32. The molecule has 0 atom stereocenters. The molecule has 0 aromatic carbocycles. The number of hydrogen-bond acceptors (Lipinski definition) is 2. The monoisotopic (exact) mass is 230 g/mol. The summed E-state index contributed by atoms with van der Waals surface area (Å²) in [6, 6.07) is 0. The van der Waals surface area contributed by atoms with Crippen LogP contribution in [0, 0.1) is 5.92 Å². The fraction of sp³-hybridized carbons (Fsp3) is 0.833. The van der Waals surface area contributed by atoms with Crippen molar-refractivity contribution in [3.63, 3.8) is 0 Å². The van der Waals surface area contributed by atoms with Crippen molar-refractivity contribution >= 4 is 8.56 Å². The quantitative estimate of drug-likeness (QED) is 0.523. The minimum absolute atomic E-state index is 0.145. The average molecular weight is 230 g/mol. The van der Waals surface area contributed by atoms with Gasteiger partial charge in [-0.05, 0) is 39.8 Å². The minimum Gasteiger partial charge on any atom is -0.525 e. The maximum Gasteiger partial charge on any atom is 0.392 e. The first-order chi connectivity index (χ1) is 6.52. The molecule has 0 radical (unpaired) electrons. The van der Waals surface area contributed by atoms with Gasteiger partial charge in [0.05, 0.1) is 11.4 Å². The number of allylic oxidation sites excluding steroid dienone is 1. The Bertz CT molecular complexity index is 214. The molecule has 2 nitrogen and oxygen atoms in total. The van der Waals surface area contributed by atoms with Gasteiger partial charge in [0, 0.05) is 6.42 Å². The fourth-order valence-electron chi connectivity index (χ4n) is 1.60. The zero-order valence-corrected chi connectivity index (χ0v) is 12.3. The van der Waals surface area contributed by atoms with Crippen molar-refractivity contribution in [3.05, 3.63) is 12.3 Å². The molecule has 90 valence electrons. The van der Waals surface area contributed by atoms with E-state index in [1.165, 1.54) is 0 Å². The molecule has 15 heavy (non-hydrogen) atoms. The highest BCUT2D eigenvalue weighted by Gasteiger charge is 2.32. The van der Waals surface area contributed by atoms with Crippen LogP contribution in [-0.2, 0) is 8.85 Å². The summed E-state index contributed by atoms with van der Waals surface area (Å²) >= 11 is 0. The molecular formula is C12H26O2Si. The van der Waals surface area contributed by atoms with E-state index in [2.05, 4.69) is 54.3 Å². The van der Waals surface area contributed by atoms with E-state index in [0.29, 0.717) is 5.92 Å². The van der Waals surface area contributed by atoms with Crippen LogP contribution >= 0.6 is 0 Å². The van der Waals surface area contributed by atoms with Crippen molar-refractivity contribution in [1.82, 2.24) is 0 Å². The largest absolute Gasteiger partial charge is 0.525 e. The smallest absolute Gasteiger partial charge is 0.392 e. The molecule has 0 spiro atoms. The van der Waals surface area contributed by atoms with E-state index in [0.717, 1.165) is 12.2 Å². The third kappa shape index (κ3) is 8.69. The van der Waals surface area contributed by atoms with Gasteiger partial charge < -0.3 is 8.85 Å². The van der Waals surface area contributed by atoms with E-state index < -0.39 is 8.56 Å². The van der Waals surface area contributed by atoms with Crippen LogP contribution in [0.5, 0.6) is 0 Å². The zero-order chi connectivity index (χ0) is 12.3. The van der Waals surface area contributed by atoms with Gasteiger partial charge in [0.1, 0.15) is 0 Å². The third-order valence-corrected chi connectivity index (χ3v) is 3.46. The van der Waals surface area contributed by atoms with Crippen molar-refractivity contribution in [2.45, 2.75) is 59.7 Å². The Labute approximate surface area is 95.9 Å². The predicted octanol–water partition coefficient (Wildman–Crippen LogP) is 4.08. The van der Waals surface area contributed by atoms with Crippen molar-refractivity contribution in [3.8, 4) is 0 Å². The van der Waals surface area contributed by atoms with E-state index >= 15 is 0 Å². The molecule has 0 fully saturated rings. The molecule has 0 unspecified atom stereocenters. The highest BCUT2D eigenvalue weighted by molar-refractivity contribution is 6.64.